The SMILES string of the molecule is CC(C)CNCc1cc(F)cc(OCc2ncon2)c1. The summed E-state index contributed by atoms with van der Waals surface area (Å²) in [6.07, 6.45) is 1.23. The Morgan fingerprint density at radius 3 is 2.90 bits per heavy atom. The van der Waals surface area contributed by atoms with E-state index in [9.17, 15) is 4.39 Å². The van der Waals surface area contributed by atoms with Gasteiger partial charge >= 0.3 is 0 Å². The van der Waals surface area contributed by atoms with Crippen molar-refractivity contribution in [3.8, 4) is 5.75 Å². The number of nitrogens with zero attached hydrogens (tertiary/aromatic N) is 2. The molecule has 1 N–H and O–H groups in total. The summed E-state index contributed by atoms with van der Waals surface area (Å²) in [4.78, 5) is 3.84. The Labute approximate surface area is 117 Å². The van der Waals surface area contributed by atoms with Gasteiger partial charge in [-0.15, -0.1) is 0 Å². The van der Waals surface area contributed by atoms with Crippen LogP contribution in [0.5, 0.6) is 5.75 Å². The number of hydrogen-bond acceptors (Lipinski definition) is 5. The molecule has 2 rings (SSSR count). The van der Waals surface area contributed by atoms with Gasteiger partial charge in [0.1, 0.15) is 11.6 Å². The zero-order chi connectivity index (χ0) is 14.4. The third-order valence-corrected chi connectivity index (χ3v) is 2.59. The van der Waals surface area contributed by atoms with Crippen molar-refractivity contribution in [2.75, 3.05) is 6.54 Å². The van der Waals surface area contributed by atoms with Crippen molar-refractivity contribution in [2.45, 2.75) is 27.0 Å². The highest BCUT2D eigenvalue weighted by Gasteiger charge is 2.05. The Balaban J connectivity index is 1.93. The summed E-state index contributed by atoms with van der Waals surface area (Å²) in [5, 5.41) is 6.89. The van der Waals surface area contributed by atoms with Crippen molar-refractivity contribution in [1.82, 2.24) is 15.5 Å². The Hall–Kier alpha value is -1.95. The lowest BCUT2D eigenvalue weighted by molar-refractivity contribution is 0.285. The zero-order valence-electron chi connectivity index (χ0n) is 11.6. The van der Waals surface area contributed by atoms with Crippen LogP contribution in [0.25, 0.3) is 0 Å². The van der Waals surface area contributed by atoms with Gasteiger partial charge in [-0.2, -0.15) is 4.98 Å². The molecule has 6 heteroatoms. The van der Waals surface area contributed by atoms with Crippen molar-refractivity contribution in [3.05, 3.63) is 41.8 Å². The highest BCUT2D eigenvalue weighted by molar-refractivity contribution is 5.29. The lowest BCUT2D eigenvalue weighted by atomic mass is 10.2. The average Bonchev–Trinajstić information content (AvgIpc) is 2.88. The van der Waals surface area contributed by atoms with E-state index in [1.807, 2.05) is 0 Å². The molecule has 1 heterocycles. The molecule has 0 bridgehead atoms. The molecule has 0 saturated carbocycles. The topological polar surface area (TPSA) is 60.2 Å². The summed E-state index contributed by atoms with van der Waals surface area (Å²) < 4.78 is 23.6. The van der Waals surface area contributed by atoms with E-state index in [1.165, 1.54) is 18.5 Å². The molecule has 0 spiro atoms. The minimum Gasteiger partial charge on any atom is -0.485 e. The van der Waals surface area contributed by atoms with Crippen molar-refractivity contribution in [2.24, 2.45) is 5.92 Å². The van der Waals surface area contributed by atoms with Gasteiger partial charge in [0.15, 0.2) is 6.61 Å². The van der Waals surface area contributed by atoms with E-state index in [0.29, 0.717) is 24.0 Å². The fourth-order valence-electron chi connectivity index (χ4n) is 1.72. The van der Waals surface area contributed by atoms with Crippen LogP contribution in [-0.4, -0.2) is 16.7 Å². The number of aromatic nitrogens is 2. The van der Waals surface area contributed by atoms with Crippen molar-refractivity contribution >= 4 is 0 Å². The van der Waals surface area contributed by atoms with Gasteiger partial charge in [-0.25, -0.2) is 4.39 Å². The van der Waals surface area contributed by atoms with Crippen LogP contribution in [-0.2, 0) is 13.2 Å². The molecular formula is C14H18FN3O2. The molecule has 1 aromatic carbocycles. The van der Waals surface area contributed by atoms with E-state index in [0.717, 1.165) is 12.1 Å². The largest absolute Gasteiger partial charge is 0.485 e. The zero-order valence-corrected chi connectivity index (χ0v) is 11.6. The minimum atomic E-state index is -0.322. The molecule has 1 aromatic heterocycles. The Morgan fingerprint density at radius 2 is 2.20 bits per heavy atom. The van der Waals surface area contributed by atoms with E-state index in [-0.39, 0.29) is 12.4 Å². The van der Waals surface area contributed by atoms with E-state index < -0.39 is 0 Å². The maximum absolute atomic E-state index is 13.5. The number of benzene rings is 1. The van der Waals surface area contributed by atoms with E-state index in [2.05, 4.69) is 33.8 Å². The van der Waals surface area contributed by atoms with Crippen LogP contribution >= 0.6 is 0 Å². The summed E-state index contributed by atoms with van der Waals surface area (Å²) in [5.74, 6) is 1.11. The third kappa shape index (κ3) is 4.62. The first kappa shape index (κ1) is 14.5. The van der Waals surface area contributed by atoms with Gasteiger partial charge in [0.05, 0.1) is 0 Å². The molecule has 0 aliphatic carbocycles. The fraction of sp³-hybridized carbons (Fsp3) is 0.429. The maximum atomic E-state index is 13.5. The summed E-state index contributed by atoms with van der Waals surface area (Å²) >= 11 is 0. The highest BCUT2D eigenvalue weighted by atomic mass is 19.1. The second-order valence-electron chi connectivity index (χ2n) is 4.96. The Bertz CT molecular complexity index is 529. The minimum absolute atomic E-state index is 0.152. The molecular weight excluding hydrogens is 261 g/mol. The summed E-state index contributed by atoms with van der Waals surface area (Å²) in [6.45, 7) is 5.89. The molecule has 0 amide bonds. The molecule has 0 aliphatic heterocycles. The molecule has 20 heavy (non-hydrogen) atoms. The number of halogens is 1. The van der Waals surface area contributed by atoms with Crippen molar-refractivity contribution < 1.29 is 13.7 Å². The molecule has 0 radical (unpaired) electrons. The fourth-order valence-corrected chi connectivity index (χ4v) is 1.72. The van der Waals surface area contributed by atoms with Crippen LogP contribution < -0.4 is 10.1 Å². The molecule has 108 valence electrons. The molecule has 0 aliphatic rings. The van der Waals surface area contributed by atoms with Gasteiger partial charge in [-0.1, -0.05) is 19.0 Å². The Morgan fingerprint density at radius 1 is 1.35 bits per heavy atom. The molecule has 0 unspecified atom stereocenters. The quantitative estimate of drug-likeness (QED) is 0.844. The van der Waals surface area contributed by atoms with Crippen LogP contribution in [0.3, 0.4) is 0 Å². The van der Waals surface area contributed by atoms with Crippen LogP contribution in [0.4, 0.5) is 4.39 Å². The van der Waals surface area contributed by atoms with Crippen LogP contribution in [0.2, 0.25) is 0 Å². The first-order chi connectivity index (χ1) is 9.63. The predicted molar refractivity (Wildman–Crippen MR) is 71.6 cm³/mol. The third-order valence-electron chi connectivity index (χ3n) is 2.59. The van der Waals surface area contributed by atoms with Gasteiger partial charge in [-0.05, 0) is 30.2 Å². The van der Waals surface area contributed by atoms with Crippen molar-refractivity contribution in [1.29, 1.82) is 0 Å². The van der Waals surface area contributed by atoms with Gasteiger partial charge in [0, 0.05) is 12.6 Å². The molecule has 5 nitrogen and oxygen atoms in total. The van der Waals surface area contributed by atoms with E-state index >= 15 is 0 Å². The van der Waals surface area contributed by atoms with Crippen LogP contribution in [0, 0.1) is 11.7 Å². The van der Waals surface area contributed by atoms with E-state index in [1.54, 1.807) is 6.07 Å². The van der Waals surface area contributed by atoms with Crippen molar-refractivity contribution in [3.63, 3.8) is 0 Å². The summed E-state index contributed by atoms with van der Waals surface area (Å²) in [5.41, 5.74) is 0.841. The van der Waals surface area contributed by atoms with Gasteiger partial charge in [0.2, 0.25) is 12.2 Å². The number of rotatable bonds is 7. The number of hydrogen-bond donors (Lipinski definition) is 1. The lowest BCUT2D eigenvalue weighted by Gasteiger charge is -2.10. The van der Waals surface area contributed by atoms with Crippen LogP contribution in [0.1, 0.15) is 25.2 Å². The number of ether oxygens (including phenoxy) is 1. The first-order valence-corrected chi connectivity index (χ1v) is 6.51. The monoisotopic (exact) mass is 279 g/mol. The van der Waals surface area contributed by atoms with Gasteiger partial charge in [-0.3, -0.25) is 0 Å². The smallest absolute Gasteiger partial charge is 0.213 e. The second-order valence-corrected chi connectivity index (χ2v) is 4.96. The van der Waals surface area contributed by atoms with E-state index in [4.69, 9.17) is 4.74 Å². The normalized spacial score (nSPS) is 11.0. The molecule has 0 saturated heterocycles. The summed E-state index contributed by atoms with van der Waals surface area (Å²) in [7, 11) is 0. The molecule has 0 fully saturated rings. The van der Waals surface area contributed by atoms with Gasteiger partial charge in [0.25, 0.3) is 0 Å². The summed E-state index contributed by atoms with van der Waals surface area (Å²) in [6, 6.07) is 4.64. The predicted octanol–water partition coefficient (Wildman–Crippen LogP) is 2.53. The number of nitrogens with one attached hydrogen (secondary N) is 1. The standard InChI is InChI=1S/C14H18FN3O2/c1-10(2)6-16-7-11-3-12(15)5-13(4-11)19-8-14-17-9-20-18-14/h3-5,9-10,16H,6-8H2,1-2H3. The van der Waals surface area contributed by atoms with Crippen LogP contribution in [0.15, 0.2) is 29.1 Å². The maximum Gasteiger partial charge on any atom is 0.213 e. The highest BCUT2D eigenvalue weighted by Crippen LogP contribution is 2.17. The second kappa shape index (κ2) is 7.00. The first-order valence-electron chi connectivity index (χ1n) is 6.51. The molecule has 2 aromatic rings. The molecule has 0 atom stereocenters. The lowest BCUT2D eigenvalue weighted by Crippen LogP contribution is -2.19. The van der Waals surface area contributed by atoms with Gasteiger partial charge < -0.3 is 14.6 Å². The Kier molecular flexibility index (Phi) is 5.06. The average molecular weight is 279 g/mol.